The molecule has 13 heteroatoms. The van der Waals surface area contributed by atoms with Gasteiger partial charge in [-0.2, -0.15) is 0 Å². The molecular formula is C27H30ClF3N2O6S. The molecule has 40 heavy (non-hydrogen) atoms. The molecular weight excluding hydrogens is 573 g/mol. The Morgan fingerprint density at radius 3 is 2.25 bits per heavy atom. The van der Waals surface area contributed by atoms with Crippen LogP contribution < -0.4 is 11.1 Å². The molecule has 8 nitrogen and oxygen atoms in total. The van der Waals surface area contributed by atoms with E-state index in [0.717, 1.165) is 6.07 Å². The van der Waals surface area contributed by atoms with Gasteiger partial charge in [0.2, 0.25) is 0 Å². The van der Waals surface area contributed by atoms with Crippen LogP contribution in [0.5, 0.6) is 0 Å². The first-order valence-corrected chi connectivity index (χ1v) is 14.7. The third-order valence-electron chi connectivity index (χ3n) is 7.70. The van der Waals surface area contributed by atoms with Crippen molar-refractivity contribution >= 4 is 39.0 Å². The molecule has 0 radical (unpaired) electrons. The average Bonchev–Trinajstić information content (AvgIpc) is 3.18. The number of amides is 1. The Labute approximate surface area is 234 Å². The lowest BCUT2D eigenvalue weighted by Crippen LogP contribution is -2.49. The highest BCUT2D eigenvalue weighted by Gasteiger charge is 2.54. The summed E-state index contributed by atoms with van der Waals surface area (Å²) in [5, 5.41) is 12.4. The molecule has 4 rings (SSSR count). The van der Waals surface area contributed by atoms with E-state index in [4.69, 9.17) is 22.1 Å². The SMILES string of the molecule is CC(C)[C@H](N)C(=O)OCC1(O)CC2CCC(C1)C2S(=O)(=O)c1cc(C(=O)Nc2cc(F)c(F)c(F)c2)ccc1Cl. The number of halogens is 4. The van der Waals surface area contributed by atoms with Gasteiger partial charge >= 0.3 is 5.97 Å². The molecule has 1 amide bonds. The maximum Gasteiger partial charge on any atom is 0.323 e. The van der Waals surface area contributed by atoms with Gasteiger partial charge in [0.15, 0.2) is 27.3 Å². The molecule has 3 atom stereocenters. The van der Waals surface area contributed by atoms with E-state index in [1.165, 1.54) is 12.1 Å². The lowest BCUT2D eigenvalue weighted by molar-refractivity contribution is -0.157. The molecule has 218 valence electrons. The predicted molar refractivity (Wildman–Crippen MR) is 141 cm³/mol. The van der Waals surface area contributed by atoms with Gasteiger partial charge < -0.3 is 20.9 Å². The minimum Gasteiger partial charge on any atom is -0.461 e. The van der Waals surface area contributed by atoms with E-state index in [1.54, 1.807) is 13.8 Å². The zero-order valence-electron chi connectivity index (χ0n) is 21.8. The fraction of sp³-hybridized carbons (Fsp3) is 0.481. The van der Waals surface area contributed by atoms with E-state index >= 15 is 0 Å². The fourth-order valence-electron chi connectivity index (χ4n) is 5.68. The number of anilines is 1. The van der Waals surface area contributed by atoms with Crippen molar-refractivity contribution in [3.8, 4) is 0 Å². The summed E-state index contributed by atoms with van der Waals surface area (Å²) in [6.45, 7) is 3.24. The minimum atomic E-state index is -4.10. The molecule has 2 unspecified atom stereocenters. The van der Waals surface area contributed by atoms with Crippen LogP contribution in [0, 0.1) is 35.2 Å². The minimum absolute atomic E-state index is 0.0804. The fourth-order valence-corrected chi connectivity index (χ4v) is 8.52. The first-order chi connectivity index (χ1) is 18.6. The molecule has 2 bridgehead atoms. The van der Waals surface area contributed by atoms with E-state index in [0.29, 0.717) is 25.0 Å². The normalized spacial score (nSPS) is 25.1. The van der Waals surface area contributed by atoms with E-state index in [2.05, 4.69) is 5.32 Å². The van der Waals surface area contributed by atoms with Gasteiger partial charge in [0.1, 0.15) is 12.6 Å². The van der Waals surface area contributed by atoms with Gasteiger partial charge in [-0.1, -0.05) is 25.4 Å². The van der Waals surface area contributed by atoms with E-state index < -0.39 is 67.9 Å². The molecule has 0 spiro atoms. The van der Waals surface area contributed by atoms with Gasteiger partial charge in [-0.3, -0.25) is 9.59 Å². The quantitative estimate of drug-likeness (QED) is 0.304. The van der Waals surface area contributed by atoms with E-state index in [1.807, 2.05) is 0 Å². The average molecular weight is 603 g/mol. The highest BCUT2D eigenvalue weighted by atomic mass is 35.5. The van der Waals surface area contributed by atoms with Crippen LogP contribution in [0.2, 0.25) is 5.02 Å². The number of benzene rings is 2. The van der Waals surface area contributed by atoms with Crippen LogP contribution in [0.3, 0.4) is 0 Å². The number of fused-ring (bicyclic) bond motifs is 2. The number of sulfone groups is 1. The van der Waals surface area contributed by atoms with Crippen molar-refractivity contribution in [2.45, 2.75) is 61.3 Å². The summed E-state index contributed by atoms with van der Waals surface area (Å²) in [6.07, 6.45) is 1.21. The first kappa shape index (κ1) is 30.3. The number of nitrogens with two attached hydrogens (primary N) is 1. The number of aliphatic hydroxyl groups is 1. The Kier molecular flexibility index (Phi) is 8.56. The summed E-state index contributed by atoms with van der Waals surface area (Å²) in [4.78, 5) is 24.7. The molecule has 2 aromatic rings. The number of nitrogens with one attached hydrogen (secondary N) is 1. The summed E-state index contributed by atoms with van der Waals surface area (Å²) in [5.41, 5.74) is 3.89. The molecule has 0 aromatic heterocycles. The topological polar surface area (TPSA) is 136 Å². The van der Waals surface area contributed by atoms with Crippen LogP contribution in [0.15, 0.2) is 35.2 Å². The van der Waals surface area contributed by atoms with E-state index in [-0.39, 0.29) is 46.5 Å². The van der Waals surface area contributed by atoms with Crippen molar-refractivity contribution in [3.05, 3.63) is 58.4 Å². The highest BCUT2D eigenvalue weighted by Crippen LogP contribution is 2.51. The summed E-state index contributed by atoms with van der Waals surface area (Å²) < 4.78 is 73.3. The third kappa shape index (κ3) is 6.00. The summed E-state index contributed by atoms with van der Waals surface area (Å²) in [7, 11) is -4.10. The number of carbonyl (C=O) groups excluding carboxylic acids is 2. The van der Waals surface area contributed by atoms with Gasteiger partial charge in [0.05, 0.1) is 20.8 Å². The second-order valence-electron chi connectivity index (χ2n) is 11.0. The number of esters is 1. The Hall–Kier alpha value is -2.67. The number of hydrogen-bond donors (Lipinski definition) is 3. The summed E-state index contributed by atoms with van der Waals surface area (Å²) in [5.74, 6) is -7.28. The Morgan fingerprint density at radius 1 is 1.12 bits per heavy atom. The second kappa shape index (κ2) is 11.3. The third-order valence-corrected chi connectivity index (χ3v) is 10.6. The highest BCUT2D eigenvalue weighted by molar-refractivity contribution is 7.92. The lowest BCUT2D eigenvalue weighted by atomic mass is 9.77. The van der Waals surface area contributed by atoms with Crippen molar-refractivity contribution in [1.29, 1.82) is 0 Å². The smallest absolute Gasteiger partial charge is 0.323 e. The molecule has 0 aliphatic heterocycles. The molecule has 2 aliphatic carbocycles. The van der Waals surface area contributed by atoms with Crippen molar-refractivity contribution in [1.82, 2.24) is 0 Å². The van der Waals surface area contributed by atoms with Gasteiger partial charge in [0.25, 0.3) is 5.91 Å². The van der Waals surface area contributed by atoms with Crippen LogP contribution in [-0.4, -0.2) is 48.9 Å². The van der Waals surface area contributed by atoms with Crippen molar-refractivity contribution in [3.63, 3.8) is 0 Å². The van der Waals surface area contributed by atoms with Gasteiger partial charge in [-0.15, -0.1) is 0 Å². The molecule has 2 aromatic carbocycles. The Bertz CT molecular complexity index is 1400. The number of hydrogen-bond acceptors (Lipinski definition) is 7. The Balaban J connectivity index is 1.53. The van der Waals surface area contributed by atoms with Gasteiger partial charge in [-0.25, -0.2) is 21.6 Å². The van der Waals surface area contributed by atoms with Crippen LogP contribution >= 0.6 is 11.6 Å². The maximum atomic E-state index is 13.8. The van der Waals surface area contributed by atoms with Crippen molar-refractivity contribution < 1.29 is 41.0 Å². The van der Waals surface area contributed by atoms with Gasteiger partial charge in [0, 0.05) is 23.4 Å². The molecule has 0 saturated heterocycles. The molecule has 0 heterocycles. The van der Waals surface area contributed by atoms with Crippen LogP contribution in [0.25, 0.3) is 0 Å². The molecule has 4 N–H and O–H groups in total. The lowest BCUT2D eigenvalue weighted by Gasteiger charge is -2.40. The van der Waals surface area contributed by atoms with E-state index in [9.17, 15) is 36.3 Å². The summed E-state index contributed by atoms with van der Waals surface area (Å²) >= 11 is 6.26. The zero-order valence-corrected chi connectivity index (χ0v) is 23.4. The van der Waals surface area contributed by atoms with Crippen LogP contribution in [-0.2, 0) is 19.4 Å². The van der Waals surface area contributed by atoms with Gasteiger partial charge in [-0.05, 0) is 61.6 Å². The Morgan fingerprint density at radius 2 is 1.70 bits per heavy atom. The number of ether oxygens (including phenoxy) is 1. The molecule has 2 fully saturated rings. The standard InChI is InChI=1S/C27H30ClF3N2O6S/c1-13(2)23(32)26(35)39-12-27(36)10-15-3-4-16(11-27)24(15)40(37,38)21-7-14(5-6-18(21)28)25(34)33-17-8-19(29)22(31)20(30)9-17/h5-9,13,15-16,23-24,36H,3-4,10-12,32H2,1-2H3,(H,33,34)/t15?,16?,23-,24?,27?/m0/s1. The first-order valence-electron chi connectivity index (χ1n) is 12.8. The summed E-state index contributed by atoms with van der Waals surface area (Å²) in [6, 6.07) is 3.91. The zero-order chi connectivity index (χ0) is 29.6. The molecule has 2 aliphatic rings. The number of rotatable bonds is 8. The molecule has 2 saturated carbocycles. The number of carbonyl (C=O) groups is 2. The largest absolute Gasteiger partial charge is 0.461 e. The van der Waals surface area contributed by atoms with Crippen LogP contribution in [0.4, 0.5) is 18.9 Å². The maximum absolute atomic E-state index is 13.8. The van der Waals surface area contributed by atoms with Crippen molar-refractivity contribution in [2.75, 3.05) is 11.9 Å². The van der Waals surface area contributed by atoms with Crippen molar-refractivity contribution in [2.24, 2.45) is 23.5 Å². The predicted octanol–water partition coefficient (Wildman–Crippen LogP) is 4.23. The monoisotopic (exact) mass is 602 g/mol. The van der Waals surface area contributed by atoms with Crippen LogP contribution in [0.1, 0.15) is 49.9 Å². The second-order valence-corrected chi connectivity index (χ2v) is 13.5.